The van der Waals surface area contributed by atoms with Gasteiger partial charge < -0.3 is 10.2 Å². The lowest BCUT2D eigenvalue weighted by molar-refractivity contribution is 0.759. The van der Waals surface area contributed by atoms with Gasteiger partial charge in [0.2, 0.25) is 17.1 Å². The summed E-state index contributed by atoms with van der Waals surface area (Å²) in [6.45, 7) is 1.91. The fraction of sp³-hybridized carbons (Fsp3) is 0.545. The van der Waals surface area contributed by atoms with E-state index >= 15 is 0 Å². The number of aromatic amines is 1. The third-order valence-corrected chi connectivity index (χ3v) is 4.15. The summed E-state index contributed by atoms with van der Waals surface area (Å²) >= 11 is 1.23. The van der Waals surface area contributed by atoms with Gasteiger partial charge >= 0.3 is 5.69 Å². The summed E-state index contributed by atoms with van der Waals surface area (Å²) in [5.41, 5.74) is -0.264. The van der Waals surface area contributed by atoms with Gasteiger partial charge in [0.05, 0.1) is 0 Å². The number of nitrogens with zero attached hydrogens (tertiary/aromatic N) is 6. The molecule has 1 aliphatic rings. The topological polar surface area (TPSA) is 105 Å². The van der Waals surface area contributed by atoms with Gasteiger partial charge in [-0.1, -0.05) is 0 Å². The summed E-state index contributed by atoms with van der Waals surface area (Å²) < 4.78 is 1.42. The molecule has 3 heterocycles. The Hall–Kier alpha value is -2.10. The van der Waals surface area contributed by atoms with Crippen LogP contribution in [-0.4, -0.2) is 49.9 Å². The van der Waals surface area contributed by atoms with Crippen LogP contribution in [0.25, 0.3) is 0 Å². The number of aromatic nitrogens is 6. The molecule has 0 amide bonds. The van der Waals surface area contributed by atoms with E-state index in [-0.39, 0.29) is 5.69 Å². The van der Waals surface area contributed by atoms with Gasteiger partial charge in [-0.3, -0.25) is 4.57 Å². The molecule has 10 heteroatoms. The van der Waals surface area contributed by atoms with Gasteiger partial charge in [-0.25, -0.2) is 9.89 Å². The maximum atomic E-state index is 11.4. The number of hydrogen-bond acceptors (Lipinski definition) is 8. The minimum atomic E-state index is -0.264. The van der Waals surface area contributed by atoms with E-state index in [1.807, 2.05) is 0 Å². The van der Waals surface area contributed by atoms with Crippen LogP contribution in [-0.2, 0) is 7.05 Å². The SMILES string of the molecule is CNc1nc(Sc2n[nH]c(=O)n2C)nc(N2CCCC2)n1. The van der Waals surface area contributed by atoms with Crippen molar-refractivity contribution >= 4 is 23.7 Å². The van der Waals surface area contributed by atoms with Crippen LogP contribution >= 0.6 is 11.8 Å². The van der Waals surface area contributed by atoms with Gasteiger partial charge in [-0.2, -0.15) is 15.0 Å². The van der Waals surface area contributed by atoms with E-state index in [9.17, 15) is 4.79 Å². The van der Waals surface area contributed by atoms with Crippen LogP contribution < -0.4 is 15.9 Å². The number of anilines is 2. The first-order valence-electron chi connectivity index (χ1n) is 6.65. The van der Waals surface area contributed by atoms with Gasteiger partial charge in [0.25, 0.3) is 0 Å². The molecule has 1 fully saturated rings. The average Bonchev–Trinajstić information content (AvgIpc) is 3.13. The fourth-order valence-electron chi connectivity index (χ4n) is 2.07. The number of rotatable bonds is 4. The van der Waals surface area contributed by atoms with Crippen molar-refractivity contribution in [3.63, 3.8) is 0 Å². The van der Waals surface area contributed by atoms with E-state index in [4.69, 9.17) is 0 Å². The number of nitrogens with one attached hydrogen (secondary N) is 2. The Morgan fingerprint density at radius 3 is 2.62 bits per heavy atom. The summed E-state index contributed by atoms with van der Waals surface area (Å²) in [5.74, 6) is 1.17. The molecular weight excluding hydrogens is 292 g/mol. The zero-order valence-corrected chi connectivity index (χ0v) is 12.6. The summed E-state index contributed by atoms with van der Waals surface area (Å²) in [6, 6.07) is 0. The molecule has 2 aromatic heterocycles. The Morgan fingerprint density at radius 1 is 1.24 bits per heavy atom. The summed E-state index contributed by atoms with van der Waals surface area (Å²) in [7, 11) is 3.41. The summed E-state index contributed by atoms with van der Waals surface area (Å²) in [5, 5.41) is 10.3. The van der Waals surface area contributed by atoms with Crippen molar-refractivity contribution in [2.24, 2.45) is 7.05 Å². The molecule has 0 aromatic carbocycles. The van der Waals surface area contributed by atoms with Crippen molar-refractivity contribution in [2.45, 2.75) is 23.2 Å². The lowest BCUT2D eigenvalue weighted by Gasteiger charge is -2.16. The lowest BCUT2D eigenvalue weighted by atomic mass is 10.4. The van der Waals surface area contributed by atoms with Crippen molar-refractivity contribution in [3.8, 4) is 0 Å². The average molecular weight is 308 g/mol. The Kier molecular flexibility index (Phi) is 3.78. The van der Waals surface area contributed by atoms with E-state index in [0.29, 0.717) is 22.2 Å². The molecule has 9 nitrogen and oxygen atoms in total. The highest BCUT2D eigenvalue weighted by atomic mass is 32.2. The predicted molar refractivity (Wildman–Crippen MR) is 78.8 cm³/mol. The Balaban J connectivity index is 1.92. The molecule has 0 atom stereocenters. The molecule has 0 radical (unpaired) electrons. The smallest absolute Gasteiger partial charge is 0.343 e. The van der Waals surface area contributed by atoms with Gasteiger partial charge in [-0.15, -0.1) is 5.10 Å². The summed E-state index contributed by atoms with van der Waals surface area (Å²) in [4.78, 5) is 26.7. The molecule has 0 bridgehead atoms. The predicted octanol–water partition coefficient (Wildman–Crippen LogP) is 0.0865. The first-order valence-corrected chi connectivity index (χ1v) is 7.47. The monoisotopic (exact) mass is 308 g/mol. The molecule has 1 aliphatic heterocycles. The van der Waals surface area contributed by atoms with E-state index < -0.39 is 0 Å². The third-order valence-electron chi connectivity index (χ3n) is 3.24. The van der Waals surface area contributed by atoms with Crippen LogP contribution in [0.1, 0.15) is 12.8 Å². The summed E-state index contributed by atoms with van der Waals surface area (Å²) in [6.07, 6.45) is 2.30. The quantitative estimate of drug-likeness (QED) is 0.818. The molecule has 1 saturated heterocycles. The molecule has 3 rings (SSSR count). The van der Waals surface area contributed by atoms with Crippen LogP contribution in [0, 0.1) is 0 Å². The minimum absolute atomic E-state index is 0.264. The van der Waals surface area contributed by atoms with Crippen molar-refractivity contribution in [1.29, 1.82) is 0 Å². The first kappa shape index (κ1) is 13.9. The highest BCUT2D eigenvalue weighted by Gasteiger charge is 2.18. The van der Waals surface area contributed by atoms with Crippen LogP contribution in [0.15, 0.2) is 15.1 Å². The second-order valence-electron chi connectivity index (χ2n) is 4.66. The van der Waals surface area contributed by atoms with Crippen LogP contribution in [0.3, 0.4) is 0 Å². The zero-order valence-electron chi connectivity index (χ0n) is 11.8. The van der Waals surface area contributed by atoms with Crippen LogP contribution in [0.5, 0.6) is 0 Å². The van der Waals surface area contributed by atoms with Crippen molar-refractivity contribution in [1.82, 2.24) is 29.7 Å². The Morgan fingerprint density at radius 2 is 2.00 bits per heavy atom. The van der Waals surface area contributed by atoms with E-state index in [1.165, 1.54) is 16.3 Å². The lowest BCUT2D eigenvalue weighted by Crippen LogP contribution is -2.21. The third kappa shape index (κ3) is 2.84. The zero-order chi connectivity index (χ0) is 14.8. The maximum Gasteiger partial charge on any atom is 0.343 e. The Bertz CT molecular complexity index is 690. The largest absolute Gasteiger partial charge is 0.357 e. The minimum Gasteiger partial charge on any atom is -0.357 e. The fourth-order valence-corrected chi connectivity index (χ4v) is 2.80. The van der Waals surface area contributed by atoms with Crippen molar-refractivity contribution in [2.75, 3.05) is 30.4 Å². The van der Waals surface area contributed by atoms with Crippen molar-refractivity contribution < 1.29 is 0 Å². The normalized spacial score (nSPS) is 14.7. The first-order chi connectivity index (χ1) is 10.2. The van der Waals surface area contributed by atoms with E-state index in [0.717, 1.165) is 25.9 Å². The second kappa shape index (κ2) is 5.72. The van der Waals surface area contributed by atoms with Gasteiger partial charge in [0.15, 0.2) is 5.16 Å². The molecule has 2 N–H and O–H groups in total. The van der Waals surface area contributed by atoms with Gasteiger partial charge in [0.1, 0.15) is 0 Å². The molecule has 21 heavy (non-hydrogen) atoms. The second-order valence-corrected chi connectivity index (χ2v) is 5.59. The highest BCUT2D eigenvalue weighted by Crippen LogP contribution is 2.25. The molecular formula is C11H16N8OS. The molecule has 112 valence electrons. The van der Waals surface area contributed by atoms with Gasteiger partial charge in [-0.05, 0) is 24.6 Å². The molecule has 0 spiro atoms. The van der Waals surface area contributed by atoms with Crippen LogP contribution in [0.4, 0.5) is 11.9 Å². The number of H-pyrrole nitrogens is 1. The standard InChI is InChI=1S/C11H16N8OS/c1-12-7-13-8(19-5-3-4-6-19)15-9(14-7)21-11-17-16-10(20)18(11)2/h3-6H2,1-2H3,(H,16,20)(H,12,13,14,15). The van der Waals surface area contributed by atoms with Crippen LogP contribution in [0.2, 0.25) is 0 Å². The molecule has 0 aliphatic carbocycles. The molecule has 0 saturated carbocycles. The van der Waals surface area contributed by atoms with E-state index in [1.54, 1.807) is 14.1 Å². The van der Waals surface area contributed by atoms with E-state index in [2.05, 4.69) is 35.4 Å². The highest BCUT2D eigenvalue weighted by molar-refractivity contribution is 7.99. The van der Waals surface area contributed by atoms with Gasteiger partial charge in [0, 0.05) is 27.2 Å². The number of hydrogen-bond donors (Lipinski definition) is 2. The molecule has 0 unspecified atom stereocenters. The van der Waals surface area contributed by atoms with Crippen molar-refractivity contribution in [3.05, 3.63) is 10.5 Å². The molecule has 2 aromatic rings. The Labute approximate surface area is 125 Å². The maximum absolute atomic E-state index is 11.4.